The lowest BCUT2D eigenvalue weighted by atomic mass is 10.1. The molecule has 10 heteroatoms. The Balaban J connectivity index is 1.47. The smallest absolute Gasteiger partial charge is 0.341 e. The number of urea groups is 2. The van der Waals surface area contributed by atoms with Gasteiger partial charge in [-0.3, -0.25) is 10.1 Å². The van der Waals surface area contributed by atoms with Gasteiger partial charge in [0.25, 0.3) is 5.91 Å². The fourth-order valence-electron chi connectivity index (χ4n) is 3.07. The largest absolute Gasteiger partial charge is 0.482 e. The number of ether oxygens (including phenoxy) is 1. The maximum absolute atomic E-state index is 12.2. The molecule has 0 atom stereocenters. The number of carbonyl (C=O) groups is 4. The van der Waals surface area contributed by atoms with E-state index in [2.05, 4.69) is 27.3 Å². The minimum Gasteiger partial charge on any atom is -0.482 e. The van der Waals surface area contributed by atoms with E-state index >= 15 is 0 Å². The summed E-state index contributed by atoms with van der Waals surface area (Å²) in [5, 5.41) is 18.9. The molecule has 0 aromatic heterocycles. The molecule has 2 aromatic rings. The van der Waals surface area contributed by atoms with Gasteiger partial charge in [0.1, 0.15) is 5.75 Å². The number of rotatable bonds is 7. The van der Waals surface area contributed by atoms with E-state index in [-0.39, 0.29) is 17.3 Å². The average Bonchev–Trinajstić information content (AvgIpc) is 2.80. The lowest BCUT2D eigenvalue weighted by molar-refractivity contribution is -0.139. The van der Waals surface area contributed by atoms with Crippen molar-refractivity contribution in [2.24, 2.45) is 0 Å². The maximum atomic E-state index is 12.2. The van der Waals surface area contributed by atoms with Gasteiger partial charge in [-0.05, 0) is 73.9 Å². The summed E-state index contributed by atoms with van der Waals surface area (Å²) in [6, 6.07) is 11.0. The average molecular weight is 464 g/mol. The van der Waals surface area contributed by atoms with Gasteiger partial charge >= 0.3 is 18.0 Å². The molecule has 5 amide bonds. The molecule has 0 heterocycles. The molecule has 5 N–H and O–H groups in total. The molecule has 0 fully saturated rings. The number of amides is 5. The van der Waals surface area contributed by atoms with E-state index in [0.29, 0.717) is 11.4 Å². The van der Waals surface area contributed by atoms with E-state index in [1.165, 1.54) is 24.3 Å². The number of carboxylic acid groups (broad SMARTS) is 1. The van der Waals surface area contributed by atoms with Crippen LogP contribution in [0.5, 0.6) is 5.75 Å². The number of hydrogen-bond acceptors (Lipinski definition) is 5. The van der Waals surface area contributed by atoms with E-state index in [0.717, 1.165) is 24.1 Å². The minimum atomic E-state index is -1.12. The molecule has 1 aliphatic carbocycles. The van der Waals surface area contributed by atoms with Crippen molar-refractivity contribution in [2.75, 3.05) is 17.2 Å². The van der Waals surface area contributed by atoms with Crippen LogP contribution in [0, 0.1) is 0 Å². The van der Waals surface area contributed by atoms with E-state index in [9.17, 15) is 19.2 Å². The van der Waals surface area contributed by atoms with E-state index < -0.39 is 24.5 Å². The van der Waals surface area contributed by atoms with Crippen LogP contribution in [0.3, 0.4) is 0 Å². The first-order valence-corrected chi connectivity index (χ1v) is 10.4. The topological polar surface area (TPSA) is 146 Å². The highest BCUT2D eigenvalue weighted by Crippen LogP contribution is 2.17. The highest BCUT2D eigenvalue weighted by atomic mass is 16.5. The molecule has 1 aliphatic rings. The summed E-state index contributed by atoms with van der Waals surface area (Å²) in [7, 11) is 0. The van der Waals surface area contributed by atoms with Crippen molar-refractivity contribution in [1.29, 1.82) is 0 Å². The van der Waals surface area contributed by atoms with Gasteiger partial charge in [-0.15, -0.1) is 0 Å². The molecule has 10 nitrogen and oxygen atoms in total. The molecular weight excluding hydrogens is 440 g/mol. The molecule has 0 radical (unpaired) electrons. The second-order valence-corrected chi connectivity index (χ2v) is 7.37. The third-order valence-corrected chi connectivity index (χ3v) is 4.78. The van der Waals surface area contributed by atoms with Crippen molar-refractivity contribution in [3.63, 3.8) is 0 Å². The van der Waals surface area contributed by atoms with Crippen LogP contribution < -0.4 is 26.0 Å². The highest BCUT2D eigenvalue weighted by Gasteiger charge is 2.12. The van der Waals surface area contributed by atoms with Crippen LogP contribution >= 0.6 is 0 Å². The molecule has 0 aliphatic heterocycles. The third-order valence-electron chi connectivity index (χ3n) is 4.78. The van der Waals surface area contributed by atoms with Crippen molar-refractivity contribution in [2.45, 2.75) is 19.8 Å². The first-order chi connectivity index (χ1) is 16.3. The van der Waals surface area contributed by atoms with Crippen molar-refractivity contribution >= 4 is 35.3 Å². The summed E-state index contributed by atoms with van der Waals surface area (Å²) in [6.07, 6.45) is 5.68. The quantitative estimate of drug-likeness (QED) is 0.421. The van der Waals surface area contributed by atoms with Gasteiger partial charge in [-0.25, -0.2) is 14.4 Å². The predicted octanol–water partition coefficient (Wildman–Crippen LogP) is 3.86. The Morgan fingerprint density at radius 1 is 0.882 bits per heavy atom. The monoisotopic (exact) mass is 464 g/mol. The fourth-order valence-corrected chi connectivity index (χ4v) is 3.07. The summed E-state index contributed by atoms with van der Waals surface area (Å²) in [4.78, 5) is 47.1. The van der Waals surface area contributed by atoms with Gasteiger partial charge in [-0.2, -0.15) is 0 Å². The molecule has 0 spiro atoms. The number of nitrogens with one attached hydrogen (secondary N) is 4. The molecule has 0 bridgehead atoms. The van der Waals surface area contributed by atoms with E-state index in [1.54, 1.807) is 24.3 Å². The van der Waals surface area contributed by atoms with Crippen molar-refractivity contribution < 1.29 is 29.0 Å². The Morgan fingerprint density at radius 3 is 2.09 bits per heavy atom. The standard InChI is InChI=1S/C24H24N4O6/c1-15-4-2-3-5-20(15)27-23(32)25-17-8-10-18(11-9-17)26-24(33)28-22(31)16-6-12-19(13-7-16)34-14-21(29)30/h2,4,6-13H,3,5,14H2,1H3,(H,29,30)(H2,25,27,32)(H2,26,28,31,33). The van der Waals surface area contributed by atoms with Crippen molar-refractivity contribution in [3.05, 3.63) is 77.5 Å². The van der Waals surface area contributed by atoms with Crippen molar-refractivity contribution in [3.8, 4) is 5.75 Å². The summed E-state index contributed by atoms with van der Waals surface area (Å²) in [5.41, 5.74) is 3.05. The summed E-state index contributed by atoms with van der Waals surface area (Å²) in [6.45, 7) is 1.44. The van der Waals surface area contributed by atoms with Gasteiger partial charge in [-0.1, -0.05) is 12.2 Å². The molecule has 0 saturated heterocycles. The zero-order chi connectivity index (χ0) is 24.5. The number of carbonyl (C=O) groups excluding carboxylic acids is 3. The first-order valence-electron chi connectivity index (χ1n) is 10.4. The maximum Gasteiger partial charge on any atom is 0.341 e. The summed E-state index contributed by atoms with van der Waals surface area (Å²) >= 11 is 0. The van der Waals surface area contributed by atoms with Crippen LogP contribution in [0.4, 0.5) is 21.0 Å². The van der Waals surface area contributed by atoms with Gasteiger partial charge < -0.3 is 25.8 Å². The zero-order valence-electron chi connectivity index (χ0n) is 18.4. The lowest BCUT2D eigenvalue weighted by Crippen LogP contribution is -2.34. The molecule has 2 aromatic carbocycles. The van der Waals surface area contributed by atoms with Crippen LogP contribution in [0.1, 0.15) is 30.1 Å². The lowest BCUT2D eigenvalue weighted by Gasteiger charge is -2.15. The number of aliphatic carboxylic acids is 1. The number of imide groups is 1. The number of allylic oxidation sites excluding steroid dienone is 4. The van der Waals surface area contributed by atoms with Crippen LogP contribution in [0.2, 0.25) is 0 Å². The second-order valence-electron chi connectivity index (χ2n) is 7.37. The first kappa shape index (κ1) is 24.1. The molecule has 176 valence electrons. The van der Waals surface area contributed by atoms with E-state index in [4.69, 9.17) is 9.84 Å². The van der Waals surface area contributed by atoms with Crippen LogP contribution in [-0.2, 0) is 4.79 Å². The van der Waals surface area contributed by atoms with E-state index in [1.807, 2.05) is 13.0 Å². The molecule has 34 heavy (non-hydrogen) atoms. The molecule has 3 rings (SSSR count). The Kier molecular flexibility index (Phi) is 8.01. The zero-order valence-corrected chi connectivity index (χ0v) is 18.4. The van der Waals surface area contributed by atoms with Crippen LogP contribution in [0.15, 0.2) is 72.0 Å². The number of anilines is 2. The Hall–Kier alpha value is -4.60. The highest BCUT2D eigenvalue weighted by molar-refractivity contribution is 6.08. The summed E-state index contributed by atoms with van der Waals surface area (Å²) in [5.74, 6) is -1.47. The van der Waals surface area contributed by atoms with Gasteiger partial charge in [0, 0.05) is 22.6 Å². The number of hydrogen-bond donors (Lipinski definition) is 5. The van der Waals surface area contributed by atoms with Gasteiger partial charge in [0.15, 0.2) is 6.61 Å². The fraction of sp³-hybridized carbons (Fsp3) is 0.167. The Morgan fingerprint density at radius 2 is 1.50 bits per heavy atom. The Labute approximate surface area is 195 Å². The minimum absolute atomic E-state index is 0.196. The molecular formula is C24H24N4O6. The predicted molar refractivity (Wildman–Crippen MR) is 126 cm³/mol. The van der Waals surface area contributed by atoms with Gasteiger partial charge in [0.05, 0.1) is 0 Å². The van der Waals surface area contributed by atoms with Crippen LogP contribution in [-0.4, -0.2) is 35.7 Å². The van der Waals surface area contributed by atoms with Gasteiger partial charge in [0.2, 0.25) is 0 Å². The molecule has 0 unspecified atom stereocenters. The Bertz CT molecular complexity index is 1140. The number of benzene rings is 2. The second kappa shape index (κ2) is 11.3. The van der Waals surface area contributed by atoms with Crippen molar-refractivity contribution in [1.82, 2.24) is 10.6 Å². The SMILES string of the molecule is CC1=C(NC(=O)Nc2ccc(NC(=O)NC(=O)c3ccc(OCC(=O)O)cc3)cc2)CCC=C1. The normalized spacial score (nSPS) is 12.5. The number of carboxylic acids is 1. The molecule has 0 saturated carbocycles. The van der Waals surface area contributed by atoms with Crippen LogP contribution in [0.25, 0.3) is 0 Å². The summed E-state index contributed by atoms with van der Waals surface area (Å²) < 4.78 is 4.99. The third kappa shape index (κ3) is 7.23.